The smallest absolute Gasteiger partial charge is 0.341 e. The Labute approximate surface area is 200 Å². The van der Waals surface area contributed by atoms with Crippen LogP contribution in [-0.4, -0.2) is 57.3 Å². The molecule has 0 aromatic heterocycles. The van der Waals surface area contributed by atoms with Gasteiger partial charge in [-0.2, -0.15) is 0 Å². The largest absolute Gasteiger partial charge is 0.496 e. The Bertz CT molecular complexity index is 868. The minimum absolute atomic E-state index is 0. The van der Waals surface area contributed by atoms with E-state index >= 15 is 0 Å². The van der Waals surface area contributed by atoms with E-state index in [0.29, 0.717) is 17.9 Å². The minimum atomic E-state index is -0.414. The van der Waals surface area contributed by atoms with E-state index in [1.165, 1.54) is 7.11 Å². The van der Waals surface area contributed by atoms with Gasteiger partial charge in [-0.1, -0.05) is 24.3 Å². The fourth-order valence-corrected chi connectivity index (χ4v) is 3.51. The predicted octanol–water partition coefficient (Wildman–Crippen LogP) is 3.72. The summed E-state index contributed by atoms with van der Waals surface area (Å²) in [5.41, 5.74) is 1.40. The number of piperidine rings is 1. The molecule has 0 amide bonds. The van der Waals surface area contributed by atoms with Crippen molar-refractivity contribution in [3.8, 4) is 11.5 Å². The van der Waals surface area contributed by atoms with Gasteiger partial charge < -0.3 is 24.4 Å². The van der Waals surface area contributed by atoms with E-state index in [2.05, 4.69) is 15.2 Å². The zero-order valence-electron chi connectivity index (χ0n) is 18.2. The molecular formula is C23H30IN3O4. The van der Waals surface area contributed by atoms with Gasteiger partial charge in [0.2, 0.25) is 0 Å². The second-order valence-corrected chi connectivity index (χ2v) is 7.04. The number of likely N-dealkylation sites (tertiary alicyclic amines) is 1. The van der Waals surface area contributed by atoms with Crippen molar-refractivity contribution in [2.24, 2.45) is 4.99 Å². The lowest BCUT2D eigenvalue weighted by Gasteiger charge is -2.34. The molecule has 7 nitrogen and oxygen atoms in total. The number of guanidine groups is 1. The second-order valence-electron chi connectivity index (χ2n) is 7.04. The first-order chi connectivity index (χ1) is 14.6. The molecule has 2 aromatic carbocycles. The van der Waals surface area contributed by atoms with Crippen LogP contribution >= 0.6 is 24.0 Å². The maximum absolute atomic E-state index is 11.8. The van der Waals surface area contributed by atoms with Gasteiger partial charge in [0.25, 0.3) is 0 Å². The highest BCUT2D eigenvalue weighted by molar-refractivity contribution is 14.0. The van der Waals surface area contributed by atoms with Crippen molar-refractivity contribution in [2.45, 2.75) is 25.5 Å². The molecule has 1 saturated heterocycles. The van der Waals surface area contributed by atoms with E-state index in [-0.39, 0.29) is 30.1 Å². The van der Waals surface area contributed by atoms with Crippen molar-refractivity contribution in [3.63, 3.8) is 0 Å². The molecule has 168 valence electrons. The van der Waals surface area contributed by atoms with Crippen LogP contribution in [0, 0.1) is 0 Å². The van der Waals surface area contributed by atoms with Gasteiger partial charge in [-0.15, -0.1) is 24.0 Å². The van der Waals surface area contributed by atoms with Crippen molar-refractivity contribution < 1.29 is 19.0 Å². The number of hydrogen-bond donors (Lipinski definition) is 1. The Hall–Kier alpha value is -2.49. The van der Waals surface area contributed by atoms with Gasteiger partial charge in [-0.3, -0.25) is 4.99 Å². The highest BCUT2D eigenvalue weighted by Crippen LogP contribution is 2.22. The number of hydrogen-bond acceptors (Lipinski definition) is 5. The number of rotatable bonds is 6. The summed E-state index contributed by atoms with van der Waals surface area (Å²) < 4.78 is 16.2. The Morgan fingerprint density at radius 1 is 1.13 bits per heavy atom. The summed E-state index contributed by atoms with van der Waals surface area (Å²) in [6.07, 6.45) is 2.10. The molecule has 2 aromatic rings. The second kappa shape index (κ2) is 12.4. The molecule has 0 saturated carbocycles. The summed E-state index contributed by atoms with van der Waals surface area (Å²) in [5.74, 6) is 1.85. The summed E-state index contributed by atoms with van der Waals surface area (Å²) >= 11 is 0. The van der Waals surface area contributed by atoms with E-state index in [1.807, 2.05) is 42.5 Å². The molecule has 1 fully saturated rings. The normalized spacial score (nSPS) is 14.4. The zero-order valence-corrected chi connectivity index (χ0v) is 20.5. The molecule has 3 rings (SSSR count). The standard InChI is InChI=1S/C23H29N3O4.HI/c1-24-23(25-16-17-9-10-20(22(27)29-3)21(15-17)28-2)26-13-11-19(12-14-26)30-18-7-5-4-6-8-18;/h4-10,15,19H,11-14,16H2,1-3H3,(H,24,25);1H. The third-order valence-electron chi connectivity index (χ3n) is 5.12. The minimum Gasteiger partial charge on any atom is -0.496 e. The molecule has 1 heterocycles. The van der Waals surface area contributed by atoms with Crippen LogP contribution in [0.1, 0.15) is 28.8 Å². The molecule has 0 unspecified atom stereocenters. The van der Waals surface area contributed by atoms with Gasteiger partial charge in [0.15, 0.2) is 5.96 Å². The number of aliphatic imine (C=N–C) groups is 1. The lowest BCUT2D eigenvalue weighted by molar-refractivity contribution is 0.0597. The van der Waals surface area contributed by atoms with Crippen LogP contribution in [0.3, 0.4) is 0 Å². The fourth-order valence-electron chi connectivity index (χ4n) is 3.51. The lowest BCUT2D eigenvalue weighted by Crippen LogP contribution is -2.47. The van der Waals surface area contributed by atoms with Crippen LogP contribution in [-0.2, 0) is 11.3 Å². The number of nitrogens with one attached hydrogen (secondary N) is 1. The van der Waals surface area contributed by atoms with E-state index < -0.39 is 5.97 Å². The van der Waals surface area contributed by atoms with Gasteiger partial charge in [0.1, 0.15) is 23.2 Å². The average molecular weight is 539 g/mol. The number of esters is 1. The summed E-state index contributed by atoms with van der Waals surface area (Å²) in [6.45, 7) is 2.33. The third kappa shape index (κ3) is 6.75. The Morgan fingerprint density at radius 2 is 1.84 bits per heavy atom. The van der Waals surface area contributed by atoms with Crippen molar-refractivity contribution in [1.29, 1.82) is 0 Å². The van der Waals surface area contributed by atoms with Gasteiger partial charge in [-0.05, 0) is 29.8 Å². The van der Waals surface area contributed by atoms with Crippen LogP contribution in [0.4, 0.5) is 0 Å². The van der Waals surface area contributed by atoms with Gasteiger partial charge >= 0.3 is 5.97 Å². The molecule has 8 heteroatoms. The lowest BCUT2D eigenvalue weighted by atomic mass is 10.1. The summed E-state index contributed by atoms with van der Waals surface area (Å²) in [5, 5.41) is 3.40. The first-order valence-electron chi connectivity index (χ1n) is 10.1. The number of nitrogens with zero attached hydrogens (tertiary/aromatic N) is 2. The predicted molar refractivity (Wildman–Crippen MR) is 132 cm³/mol. The molecule has 0 aliphatic carbocycles. The molecular weight excluding hydrogens is 509 g/mol. The molecule has 1 aliphatic heterocycles. The summed E-state index contributed by atoms with van der Waals surface area (Å²) in [6, 6.07) is 15.4. The number of methoxy groups -OCH3 is 2. The Kier molecular flexibility index (Phi) is 9.90. The average Bonchev–Trinajstić information content (AvgIpc) is 2.80. The monoisotopic (exact) mass is 539 g/mol. The molecule has 31 heavy (non-hydrogen) atoms. The van der Waals surface area contributed by atoms with Crippen LogP contribution in [0.2, 0.25) is 0 Å². The maximum Gasteiger partial charge on any atom is 0.341 e. The molecule has 1 N–H and O–H groups in total. The van der Waals surface area contributed by atoms with Gasteiger partial charge in [-0.25, -0.2) is 4.79 Å². The van der Waals surface area contributed by atoms with Crippen LogP contribution < -0.4 is 14.8 Å². The first kappa shape index (κ1) is 24.8. The molecule has 1 aliphatic rings. The molecule has 0 atom stereocenters. The molecule has 0 radical (unpaired) electrons. The number of carbonyl (C=O) groups excluding carboxylic acids is 1. The van der Waals surface area contributed by atoms with E-state index in [9.17, 15) is 4.79 Å². The number of para-hydroxylation sites is 1. The van der Waals surface area contributed by atoms with E-state index in [1.54, 1.807) is 20.2 Å². The number of benzene rings is 2. The molecule has 0 bridgehead atoms. The Morgan fingerprint density at radius 3 is 2.45 bits per heavy atom. The topological polar surface area (TPSA) is 72.4 Å². The van der Waals surface area contributed by atoms with Gasteiger partial charge in [0, 0.05) is 39.5 Å². The van der Waals surface area contributed by atoms with Crippen LogP contribution in [0.15, 0.2) is 53.5 Å². The third-order valence-corrected chi connectivity index (χ3v) is 5.12. The van der Waals surface area contributed by atoms with Crippen molar-refractivity contribution >= 4 is 35.9 Å². The Balaban J connectivity index is 0.00000341. The van der Waals surface area contributed by atoms with Crippen molar-refractivity contribution in [3.05, 3.63) is 59.7 Å². The highest BCUT2D eigenvalue weighted by atomic mass is 127. The van der Waals surface area contributed by atoms with Crippen molar-refractivity contribution in [2.75, 3.05) is 34.4 Å². The highest BCUT2D eigenvalue weighted by Gasteiger charge is 2.23. The fraction of sp³-hybridized carbons (Fsp3) is 0.391. The number of carbonyl (C=O) groups is 1. The number of ether oxygens (including phenoxy) is 3. The van der Waals surface area contributed by atoms with E-state index in [4.69, 9.17) is 14.2 Å². The zero-order chi connectivity index (χ0) is 21.3. The number of halogens is 1. The summed E-state index contributed by atoms with van der Waals surface area (Å²) in [4.78, 5) is 18.5. The summed E-state index contributed by atoms with van der Waals surface area (Å²) in [7, 11) is 4.69. The molecule has 0 spiro atoms. The van der Waals surface area contributed by atoms with Crippen LogP contribution in [0.5, 0.6) is 11.5 Å². The SMILES string of the molecule is CN=C(NCc1ccc(C(=O)OC)c(OC)c1)N1CCC(Oc2ccccc2)CC1.I. The van der Waals surface area contributed by atoms with E-state index in [0.717, 1.165) is 43.2 Å². The quantitative estimate of drug-likeness (QED) is 0.261. The van der Waals surface area contributed by atoms with Gasteiger partial charge in [0.05, 0.1) is 14.2 Å². The first-order valence-corrected chi connectivity index (χ1v) is 10.1. The van der Waals surface area contributed by atoms with Crippen LogP contribution in [0.25, 0.3) is 0 Å². The maximum atomic E-state index is 11.8. The van der Waals surface area contributed by atoms with Crippen molar-refractivity contribution in [1.82, 2.24) is 10.2 Å².